The third kappa shape index (κ3) is 4.89. The van der Waals surface area contributed by atoms with Crippen LogP contribution in [0, 0.1) is 5.92 Å². The van der Waals surface area contributed by atoms with Crippen molar-refractivity contribution in [2.24, 2.45) is 11.1 Å². The molecule has 2 aromatic heterocycles. The van der Waals surface area contributed by atoms with Crippen LogP contribution in [0.1, 0.15) is 49.5 Å². The number of H-pyrrole nitrogens is 1. The van der Waals surface area contributed by atoms with Crippen LogP contribution >= 0.6 is 0 Å². The maximum atomic E-state index is 13.5. The Bertz CT molecular complexity index is 1360. The number of aromatic amines is 1. The van der Waals surface area contributed by atoms with E-state index in [4.69, 9.17) is 9.56 Å². The number of nitrogens with zero attached hydrogens (tertiary/aromatic N) is 1. The van der Waals surface area contributed by atoms with E-state index in [0.29, 0.717) is 53.6 Å². The van der Waals surface area contributed by atoms with E-state index in [9.17, 15) is 18.0 Å². The number of furan rings is 1. The molecule has 1 aliphatic rings. The number of carbonyl (C=O) groups excluding carboxylic acids is 1. The van der Waals surface area contributed by atoms with Gasteiger partial charge in [-0.3, -0.25) is 9.59 Å². The highest BCUT2D eigenvalue weighted by molar-refractivity contribution is 7.89. The summed E-state index contributed by atoms with van der Waals surface area (Å²) in [5.74, 6) is -0.552. The van der Waals surface area contributed by atoms with E-state index in [1.165, 1.54) is 6.26 Å². The Morgan fingerprint density at radius 1 is 1.30 bits per heavy atom. The molecule has 33 heavy (non-hydrogen) atoms. The highest BCUT2D eigenvalue weighted by Crippen LogP contribution is 2.37. The van der Waals surface area contributed by atoms with Crippen molar-refractivity contribution >= 4 is 26.9 Å². The fourth-order valence-electron chi connectivity index (χ4n) is 4.55. The SMILES string of the molecule is CC(C)(C)c1cc(-c2ccc[nH]c2=O)cc2c(C(=O)N3CCCC(CS(N)(=O)=O)C3)coc12. The number of piperidine rings is 1. The number of sulfonamides is 1. The van der Waals surface area contributed by atoms with Crippen molar-refractivity contribution < 1.29 is 17.6 Å². The van der Waals surface area contributed by atoms with E-state index in [-0.39, 0.29) is 28.6 Å². The van der Waals surface area contributed by atoms with Gasteiger partial charge in [0.25, 0.3) is 11.5 Å². The van der Waals surface area contributed by atoms with Crippen LogP contribution in [0.3, 0.4) is 0 Å². The number of nitrogens with two attached hydrogens (primary N) is 1. The molecule has 0 radical (unpaired) electrons. The summed E-state index contributed by atoms with van der Waals surface area (Å²) < 4.78 is 29.0. The molecule has 176 valence electrons. The first-order valence-corrected chi connectivity index (χ1v) is 12.7. The van der Waals surface area contributed by atoms with Crippen LogP contribution in [0.15, 0.2) is 45.9 Å². The molecule has 3 heterocycles. The average molecular weight is 472 g/mol. The van der Waals surface area contributed by atoms with Gasteiger partial charge >= 0.3 is 0 Å². The number of carbonyl (C=O) groups is 1. The van der Waals surface area contributed by atoms with E-state index in [1.807, 2.05) is 32.9 Å². The van der Waals surface area contributed by atoms with Crippen LogP contribution < -0.4 is 10.7 Å². The van der Waals surface area contributed by atoms with Crippen molar-refractivity contribution in [1.82, 2.24) is 9.88 Å². The van der Waals surface area contributed by atoms with Crippen LogP contribution in [-0.4, -0.2) is 43.1 Å². The van der Waals surface area contributed by atoms with Gasteiger partial charge in [-0.15, -0.1) is 0 Å². The molecular formula is C24H29N3O5S. The molecular weight excluding hydrogens is 442 g/mol. The van der Waals surface area contributed by atoms with Crippen LogP contribution in [-0.2, 0) is 15.4 Å². The molecule has 1 atom stereocenters. The number of pyridine rings is 1. The molecule has 0 bridgehead atoms. The topological polar surface area (TPSA) is 126 Å². The Morgan fingerprint density at radius 2 is 2.06 bits per heavy atom. The summed E-state index contributed by atoms with van der Waals surface area (Å²) in [7, 11) is -3.61. The second kappa shape index (κ2) is 8.46. The number of rotatable bonds is 4. The van der Waals surface area contributed by atoms with Crippen molar-refractivity contribution in [2.45, 2.75) is 39.0 Å². The molecule has 8 nitrogen and oxygen atoms in total. The highest BCUT2D eigenvalue weighted by atomic mass is 32.2. The molecule has 0 spiro atoms. The molecule has 3 aromatic rings. The number of fused-ring (bicyclic) bond motifs is 1. The molecule has 9 heteroatoms. The maximum absolute atomic E-state index is 13.5. The van der Waals surface area contributed by atoms with Crippen LogP contribution in [0.5, 0.6) is 0 Å². The second-order valence-corrected chi connectivity index (χ2v) is 11.5. The first kappa shape index (κ1) is 23.3. The van der Waals surface area contributed by atoms with Crippen LogP contribution in [0.25, 0.3) is 22.1 Å². The van der Waals surface area contributed by atoms with E-state index >= 15 is 0 Å². The minimum atomic E-state index is -3.61. The summed E-state index contributed by atoms with van der Waals surface area (Å²) in [6.07, 6.45) is 4.46. The lowest BCUT2D eigenvalue weighted by Gasteiger charge is -2.32. The fraction of sp³-hybridized carbons (Fsp3) is 0.417. The van der Waals surface area contributed by atoms with Gasteiger partial charge in [0.05, 0.1) is 11.3 Å². The van der Waals surface area contributed by atoms with Gasteiger partial charge in [-0.1, -0.05) is 20.8 Å². The number of likely N-dealkylation sites (tertiary alicyclic amines) is 1. The molecule has 1 saturated heterocycles. The molecule has 1 fully saturated rings. The molecule has 1 amide bonds. The number of aromatic nitrogens is 1. The van der Waals surface area contributed by atoms with Crippen molar-refractivity contribution in [3.8, 4) is 11.1 Å². The van der Waals surface area contributed by atoms with Gasteiger partial charge in [-0.05, 0) is 54.0 Å². The van der Waals surface area contributed by atoms with Crippen molar-refractivity contribution in [2.75, 3.05) is 18.8 Å². The Labute approximate surface area is 192 Å². The predicted octanol–water partition coefficient (Wildman–Crippen LogP) is 3.23. The van der Waals surface area contributed by atoms with Crippen LogP contribution in [0.2, 0.25) is 0 Å². The van der Waals surface area contributed by atoms with Gasteiger partial charge in [-0.2, -0.15) is 0 Å². The van der Waals surface area contributed by atoms with Crippen molar-refractivity contribution in [1.29, 1.82) is 0 Å². The smallest absolute Gasteiger partial charge is 0.257 e. The Hall–Kier alpha value is -2.91. The Morgan fingerprint density at radius 3 is 2.73 bits per heavy atom. The van der Waals surface area contributed by atoms with Crippen molar-refractivity contribution in [3.63, 3.8) is 0 Å². The fourth-order valence-corrected chi connectivity index (χ4v) is 5.48. The largest absolute Gasteiger partial charge is 0.463 e. The molecule has 3 N–H and O–H groups in total. The summed E-state index contributed by atoms with van der Waals surface area (Å²) >= 11 is 0. The van der Waals surface area contributed by atoms with E-state index < -0.39 is 10.0 Å². The highest BCUT2D eigenvalue weighted by Gasteiger charge is 2.30. The first-order valence-electron chi connectivity index (χ1n) is 11.0. The lowest BCUT2D eigenvalue weighted by Crippen LogP contribution is -2.42. The quantitative estimate of drug-likeness (QED) is 0.604. The van der Waals surface area contributed by atoms with Crippen LogP contribution in [0.4, 0.5) is 0 Å². The van der Waals surface area contributed by atoms with Crippen molar-refractivity contribution in [3.05, 3.63) is 58.2 Å². The van der Waals surface area contributed by atoms with Gasteiger partial charge in [0, 0.05) is 35.8 Å². The number of primary sulfonamides is 1. The monoisotopic (exact) mass is 471 g/mol. The Kier molecular flexibility index (Phi) is 5.96. The summed E-state index contributed by atoms with van der Waals surface area (Å²) in [5.41, 5.74) is 2.62. The Balaban J connectivity index is 1.79. The van der Waals surface area contributed by atoms with E-state index in [1.54, 1.807) is 23.2 Å². The zero-order valence-electron chi connectivity index (χ0n) is 19.1. The standard InChI is InChI=1S/C24H29N3O5S/c1-24(2,3)20-11-16(17-7-4-8-26-22(17)28)10-18-19(13-32-21(18)20)23(29)27-9-5-6-15(12-27)14-33(25,30)31/h4,7-8,10-11,13,15H,5-6,9,12,14H2,1-3H3,(H,26,28)(H2,25,30,31). The second-order valence-electron chi connectivity index (χ2n) is 9.80. The summed E-state index contributed by atoms with van der Waals surface area (Å²) in [6, 6.07) is 7.26. The van der Waals surface area contributed by atoms with Gasteiger partial charge in [0.15, 0.2) is 0 Å². The number of benzene rings is 1. The maximum Gasteiger partial charge on any atom is 0.257 e. The molecule has 0 saturated carbocycles. The van der Waals surface area contributed by atoms with Gasteiger partial charge in [0.1, 0.15) is 11.8 Å². The summed E-state index contributed by atoms with van der Waals surface area (Å²) in [4.78, 5) is 30.3. The molecule has 1 aliphatic heterocycles. The molecule has 4 rings (SSSR count). The predicted molar refractivity (Wildman–Crippen MR) is 128 cm³/mol. The third-order valence-electron chi connectivity index (χ3n) is 6.12. The van der Waals surface area contributed by atoms with E-state index in [2.05, 4.69) is 4.98 Å². The molecule has 0 aliphatic carbocycles. The molecule has 1 aromatic carbocycles. The van der Waals surface area contributed by atoms with E-state index in [0.717, 1.165) is 5.56 Å². The van der Waals surface area contributed by atoms with Gasteiger partial charge < -0.3 is 14.3 Å². The lowest BCUT2D eigenvalue weighted by molar-refractivity contribution is 0.0685. The average Bonchev–Trinajstić information content (AvgIpc) is 3.15. The molecule has 1 unspecified atom stereocenters. The summed E-state index contributed by atoms with van der Waals surface area (Å²) in [5, 5.41) is 5.86. The number of nitrogens with one attached hydrogen (secondary N) is 1. The third-order valence-corrected chi connectivity index (χ3v) is 7.05. The minimum Gasteiger partial charge on any atom is -0.463 e. The number of hydrogen-bond acceptors (Lipinski definition) is 5. The number of amides is 1. The van der Waals surface area contributed by atoms with Gasteiger partial charge in [0.2, 0.25) is 10.0 Å². The first-order chi connectivity index (χ1) is 15.4. The van der Waals surface area contributed by atoms with Gasteiger partial charge in [-0.25, -0.2) is 13.6 Å². The minimum absolute atomic E-state index is 0.141. The zero-order chi connectivity index (χ0) is 24.0. The number of hydrogen-bond donors (Lipinski definition) is 2. The zero-order valence-corrected chi connectivity index (χ0v) is 19.9. The normalized spacial score (nSPS) is 17.5. The lowest BCUT2D eigenvalue weighted by atomic mass is 9.84. The summed E-state index contributed by atoms with van der Waals surface area (Å²) in [6.45, 7) is 7.01.